The average Bonchev–Trinajstić information content (AvgIpc) is 2.55. The van der Waals surface area contributed by atoms with Crippen molar-refractivity contribution >= 4 is 38.3 Å². The molecule has 0 spiro atoms. The van der Waals surface area contributed by atoms with E-state index in [0.29, 0.717) is 5.56 Å². The summed E-state index contributed by atoms with van der Waals surface area (Å²) in [6.45, 7) is 0. The summed E-state index contributed by atoms with van der Waals surface area (Å²) in [6, 6.07) is 16.2. The van der Waals surface area contributed by atoms with Crippen molar-refractivity contribution in [3.05, 3.63) is 76.3 Å². The molecular weight excluding hydrogens is 383 g/mol. The summed E-state index contributed by atoms with van der Waals surface area (Å²) in [5, 5.41) is 4.16. The van der Waals surface area contributed by atoms with E-state index in [1.807, 2.05) is 18.2 Å². The van der Waals surface area contributed by atoms with Crippen molar-refractivity contribution in [1.29, 1.82) is 0 Å². The molecule has 24 heavy (non-hydrogen) atoms. The number of fused-ring (bicyclic) bond motifs is 1. The van der Waals surface area contributed by atoms with Crippen molar-refractivity contribution in [1.82, 2.24) is 0 Å². The molecule has 0 bridgehead atoms. The quantitative estimate of drug-likeness (QED) is 0.579. The Morgan fingerprint density at radius 3 is 2.42 bits per heavy atom. The highest BCUT2D eigenvalue weighted by atomic mass is 79.9. The number of alkyl halides is 3. The maximum absolute atomic E-state index is 13.0. The van der Waals surface area contributed by atoms with E-state index in [0.717, 1.165) is 16.8 Å². The van der Waals surface area contributed by atoms with Gasteiger partial charge in [-0.25, -0.2) is 0 Å². The molecule has 0 atom stereocenters. The molecule has 2 nitrogen and oxygen atoms in total. The summed E-state index contributed by atoms with van der Waals surface area (Å²) >= 11 is 2.88. The van der Waals surface area contributed by atoms with Crippen molar-refractivity contribution in [3.8, 4) is 0 Å². The fourth-order valence-electron chi connectivity index (χ4n) is 2.44. The van der Waals surface area contributed by atoms with Crippen LogP contribution in [0.1, 0.15) is 15.9 Å². The first-order chi connectivity index (χ1) is 11.4. The first kappa shape index (κ1) is 16.5. The van der Waals surface area contributed by atoms with Gasteiger partial charge < -0.3 is 5.32 Å². The smallest absolute Gasteiger partial charge is 0.322 e. The van der Waals surface area contributed by atoms with Crippen LogP contribution in [0.4, 0.5) is 18.9 Å². The molecule has 0 aliphatic carbocycles. The van der Waals surface area contributed by atoms with E-state index in [4.69, 9.17) is 0 Å². The van der Waals surface area contributed by atoms with Gasteiger partial charge in [-0.2, -0.15) is 13.2 Å². The highest BCUT2D eigenvalue weighted by molar-refractivity contribution is 9.10. The Kier molecular flexibility index (Phi) is 4.32. The SMILES string of the molecule is O=C(Nc1ccc(Br)c(C(F)(F)F)c1)c1cccc2ccccc12. The number of hydrogen-bond acceptors (Lipinski definition) is 1. The van der Waals surface area contributed by atoms with Crippen molar-refractivity contribution in [2.75, 3.05) is 5.32 Å². The minimum Gasteiger partial charge on any atom is -0.322 e. The molecule has 3 aromatic rings. The number of halogens is 4. The summed E-state index contributed by atoms with van der Waals surface area (Å²) in [5.41, 5.74) is -0.341. The maximum Gasteiger partial charge on any atom is 0.417 e. The number of nitrogens with one attached hydrogen (secondary N) is 1. The number of hydrogen-bond donors (Lipinski definition) is 1. The summed E-state index contributed by atoms with van der Waals surface area (Å²) < 4.78 is 38.8. The van der Waals surface area contributed by atoms with E-state index in [9.17, 15) is 18.0 Å². The van der Waals surface area contributed by atoms with Gasteiger partial charge in [-0.15, -0.1) is 0 Å². The summed E-state index contributed by atoms with van der Waals surface area (Å²) in [7, 11) is 0. The van der Waals surface area contributed by atoms with Gasteiger partial charge in [0, 0.05) is 15.7 Å². The van der Waals surface area contributed by atoms with Crippen LogP contribution in [0, 0.1) is 0 Å². The van der Waals surface area contributed by atoms with Crippen molar-refractivity contribution in [2.24, 2.45) is 0 Å². The van der Waals surface area contributed by atoms with Crippen LogP contribution in [0.5, 0.6) is 0 Å². The predicted molar refractivity (Wildman–Crippen MR) is 91.0 cm³/mol. The summed E-state index contributed by atoms with van der Waals surface area (Å²) in [6.07, 6.45) is -4.50. The van der Waals surface area contributed by atoms with Gasteiger partial charge in [0.1, 0.15) is 0 Å². The van der Waals surface area contributed by atoms with Crippen LogP contribution in [0.15, 0.2) is 65.1 Å². The zero-order chi connectivity index (χ0) is 17.3. The minimum absolute atomic E-state index is 0.0711. The Labute approximate surface area is 144 Å². The van der Waals surface area contributed by atoms with Gasteiger partial charge in [-0.3, -0.25) is 4.79 Å². The molecule has 0 heterocycles. The van der Waals surface area contributed by atoms with Gasteiger partial charge in [0.25, 0.3) is 5.91 Å². The second-order valence-corrected chi connectivity index (χ2v) is 6.03. The third-order valence-electron chi connectivity index (χ3n) is 3.56. The normalized spacial score (nSPS) is 11.5. The highest BCUT2D eigenvalue weighted by Crippen LogP contribution is 2.36. The highest BCUT2D eigenvalue weighted by Gasteiger charge is 2.33. The molecule has 1 N–H and O–H groups in total. The van der Waals surface area contributed by atoms with Gasteiger partial charge in [-0.1, -0.05) is 52.3 Å². The van der Waals surface area contributed by atoms with Gasteiger partial charge in [-0.05, 0) is 35.0 Å². The van der Waals surface area contributed by atoms with Gasteiger partial charge >= 0.3 is 6.18 Å². The molecule has 3 rings (SSSR count). The Bertz CT molecular complexity index is 916. The zero-order valence-corrected chi connectivity index (χ0v) is 13.8. The topological polar surface area (TPSA) is 29.1 Å². The molecule has 0 saturated heterocycles. The fourth-order valence-corrected chi connectivity index (χ4v) is 2.91. The summed E-state index contributed by atoms with van der Waals surface area (Å²) in [4.78, 5) is 12.5. The molecule has 0 aromatic heterocycles. The van der Waals surface area contributed by atoms with E-state index >= 15 is 0 Å². The molecule has 0 aliphatic heterocycles. The number of carbonyl (C=O) groups is 1. The van der Waals surface area contributed by atoms with E-state index in [-0.39, 0.29) is 10.2 Å². The third kappa shape index (κ3) is 3.28. The number of benzene rings is 3. The third-order valence-corrected chi connectivity index (χ3v) is 4.26. The standard InChI is InChI=1S/C18H11BrF3NO/c19-16-9-8-12(10-15(16)18(20,21)22)23-17(24)14-7-3-5-11-4-1-2-6-13(11)14/h1-10H,(H,23,24). The molecule has 0 fully saturated rings. The number of amides is 1. The molecule has 3 aromatic carbocycles. The van der Waals surface area contributed by atoms with Crippen LogP contribution >= 0.6 is 15.9 Å². The maximum atomic E-state index is 13.0. The fraction of sp³-hybridized carbons (Fsp3) is 0.0556. The minimum atomic E-state index is -4.50. The Balaban J connectivity index is 1.95. The lowest BCUT2D eigenvalue weighted by atomic mass is 10.0. The molecule has 122 valence electrons. The van der Waals surface area contributed by atoms with Gasteiger partial charge in [0.15, 0.2) is 0 Å². The van der Waals surface area contributed by atoms with Crippen LogP contribution in [0.25, 0.3) is 10.8 Å². The number of carbonyl (C=O) groups excluding carboxylic acids is 1. The largest absolute Gasteiger partial charge is 0.417 e. The Morgan fingerprint density at radius 1 is 0.958 bits per heavy atom. The lowest BCUT2D eigenvalue weighted by Gasteiger charge is -2.12. The summed E-state index contributed by atoms with van der Waals surface area (Å²) in [5.74, 6) is -0.456. The Morgan fingerprint density at radius 2 is 1.67 bits per heavy atom. The molecule has 0 radical (unpaired) electrons. The van der Waals surface area contributed by atoms with E-state index < -0.39 is 17.6 Å². The van der Waals surface area contributed by atoms with Crippen LogP contribution in [-0.4, -0.2) is 5.91 Å². The van der Waals surface area contributed by atoms with Crippen molar-refractivity contribution < 1.29 is 18.0 Å². The first-order valence-electron chi connectivity index (χ1n) is 7.02. The first-order valence-corrected chi connectivity index (χ1v) is 7.81. The molecule has 0 aliphatic rings. The number of anilines is 1. The van der Waals surface area contributed by atoms with Crippen LogP contribution in [0.3, 0.4) is 0 Å². The monoisotopic (exact) mass is 393 g/mol. The van der Waals surface area contributed by atoms with Crippen LogP contribution in [-0.2, 0) is 6.18 Å². The van der Waals surface area contributed by atoms with E-state index in [1.54, 1.807) is 24.3 Å². The second-order valence-electron chi connectivity index (χ2n) is 5.17. The molecular formula is C18H11BrF3NO. The van der Waals surface area contributed by atoms with Crippen molar-refractivity contribution in [3.63, 3.8) is 0 Å². The van der Waals surface area contributed by atoms with Crippen LogP contribution in [0.2, 0.25) is 0 Å². The van der Waals surface area contributed by atoms with Gasteiger partial charge in [0.2, 0.25) is 0 Å². The van der Waals surface area contributed by atoms with Gasteiger partial charge in [0.05, 0.1) is 5.56 Å². The van der Waals surface area contributed by atoms with Crippen LogP contribution < -0.4 is 5.32 Å². The molecule has 0 saturated carbocycles. The number of rotatable bonds is 2. The molecule has 6 heteroatoms. The molecule has 0 unspecified atom stereocenters. The lowest BCUT2D eigenvalue weighted by molar-refractivity contribution is -0.138. The van der Waals surface area contributed by atoms with E-state index in [2.05, 4.69) is 21.2 Å². The Hall–Kier alpha value is -2.34. The zero-order valence-electron chi connectivity index (χ0n) is 12.2. The predicted octanol–water partition coefficient (Wildman–Crippen LogP) is 5.87. The lowest BCUT2D eigenvalue weighted by Crippen LogP contribution is -2.14. The molecule has 1 amide bonds. The average molecular weight is 394 g/mol. The van der Waals surface area contributed by atoms with E-state index in [1.165, 1.54) is 12.1 Å². The van der Waals surface area contributed by atoms with Crippen molar-refractivity contribution in [2.45, 2.75) is 6.18 Å². The second kappa shape index (κ2) is 6.28.